The molecule has 1 saturated heterocycles. The molecular formula is C13H21N3O2. The molecule has 0 aromatic carbocycles. The Labute approximate surface area is 108 Å². The molecule has 1 aliphatic heterocycles. The zero-order chi connectivity index (χ0) is 13.2. The number of hydrogen-bond donors (Lipinski definition) is 1. The minimum atomic E-state index is -0.0674. The molecule has 1 aromatic heterocycles. The summed E-state index contributed by atoms with van der Waals surface area (Å²) in [5, 5.41) is 3.44. The Hall–Kier alpha value is -1.36. The van der Waals surface area contributed by atoms with E-state index in [1.165, 1.54) is 0 Å². The molecule has 1 atom stereocenters. The minimum absolute atomic E-state index is 0.0674. The molecule has 1 fully saturated rings. The molecule has 0 bridgehead atoms. The molecule has 0 saturated carbocycles. The van der Waals surface area contributed by atoms with Crippen LogP contribution in [0.5, 0.6) is 5.88 Å². The zero-order valence-electron chi connectivity index (χ0n) is 11.5. The van der Waals surface area contributed by atoms with Crippen LogP contribution in [-0.4, -0.2) is 35.3 Å². The first kappa shape index (κ1) is 13.1. The summed E-state index contributed by atoms with van der Waals surface area (Å²) in [5.74, 6) is 2.13. The average Bonchev–Trinajstić information content (AvgIpc) is 2.26. The predicted octanol–water partition coefficient (Wildman–Crippen LogP) is 2.16. The van der Waals surface area contributed by atoms with Gasteiger partial charge in [0.25, 0.3) is 0 Å². The number of hydrogen-bond acceptors (Lipinski definition) is 5. The Balaban J connectivity index is 2.07. The van der Waals surface area contributed by atoms with E-state index in [0.29, 0.717) is 17.7 Å². The van der Waals surface area contributed by atoms with Crippen LogP contribution in [0.15, 0.2) is 6.07 Å². The third kappa shape index (κ3) is 3.32. The topological polar surface area (TPSA) is 56.3 Å². The quantitative estimate of drug-likeness (QED) is 0.892. The molecule has 1 aliphatic rings. The lowest BCUT2D eigenvalue weighted by Crippen LogP contribution is -2.40. The van der Waals surface area contributed by atoms with E-state index >= 15 is 0 Å². The second-order valence-corrected chi connectivity index (χ2v) is 5.28. The highest BCUT2D eigenvalue weighted by molar-refractivity contribution is 5.39. The third-order valence-corrected chi connectivity index (χ3v) is 3.07. The van der Waals surface area contributed by atoms with Gasteiger partial charge in [-0.2, -0.15) is 4.98 Å². The fraction of sp³-hybridized carbons (Fsp3) is 0.692. The summed E-state index contributed by atoms with van der Waals surface area (Å²) < 4.78 is 10.9. The summed E-state index contributed by atoms with van der Waals surface area (Å²) in [6.07, 6.45) is 1.97. The highest BCUT2D eigenvalue weighted by Crippen LogP contribution is 2.26. The van der Waals surface area contributed by atoms with Crippen molar-refractivity contribution in [3.8, 4) is 5.88 Å². The molecular weight excluding hydrogens is 230 g/mol. The lowest BCUT2D eigenvalue weighted by Gasteiger charge is -2.36. The molecule has 5 heteroatoms. The Bertz CT molecular complexity index is 421. The van der Waals surface area contributed by atoms with E-state index in [2.05, 4.69) is 29.1 Å². The molecule has 0 aliphatic carbocycles. The van der Waals surface area contributed by atoms with Crippen molar-refractivity contribution in [2.24, 2.45) is 0 Å². The molecule has 5 nitrogen and oxygen atoms in total. The number of aromatic nitrogens is 2. The van der Waals surface area contributed by atoms with Crippen molar-refractivity contribution < 1.29 is 9.47 Å². The summed E-state index contributed by atoms with van der Waals surface area (Å²) in [4.78, 5) is 8.56. The molecule has 0 spiro atoms. The van der Waals surface area contributed by atoms with Crippen LogP contribution in [0.25, 0.3) is 0 Å². The van der Waals surface area contributed by atoms with Gasteiger partial charge in [0.05, 0.1) is 12.7 Å². The van der Waals surface area contributed by atoms with E-state index in [1.807, 2.05) is 13.0 Å². The Morgan fingerprint density at radius 3 is 2.89 bits per heavy atom. The monoisotopic (exact) mass is 251 g/mol. The molecule has 0 radical (unpaired) electrons. The van der Waals surface area contributed by atoms with Crippen LogP contribution < -0.4 is 10.1 Å². The van der Waals surface area contributed by atoms with Crippen molar-refractivity contribution >= 4 is 5.82 Å². The molecule has 1 unspecified atom stereocenters. The Kier molecular flexibility index (Phi) is 3.71. The normalized spacial score (nSPS) is 22.6. The van der Waals surface area contributed by atoms with E-state index in [9.17, 15) is 0 Å². The van der Waals surface area contributed by atoms with Gasteiger partial charge in [0.2, 0.25) is 5.88 Å². The maximum absolute atomic E-state index is 5.70. The van der Waals surface area contributed by atoms with Crippen LogP contribution in [0.3, 0.4) is 0 Å². The first-order valence-corrected chi connectivity index (χ1v) is 6.29. The van der Waals surface area contributed by atoms with Crippen LogP contribution in [0.2, 0.25) is 0 Å². The Morgan fingerprint density at radius 2 is 2.22 bits per heavy atom. The molecule has 1 aromatic rings. The van der Waals surface area contributed by atoms with Gasteiger partial charge < -0.3 is 14.8 Å². The maximum atomic E-state index is 5.70. The van der Waals surface area contributed by atoms with Crippen LogP contribution >= 0.6 is 0 Å². The smallest absolute Gasteiger partial charge is 0.218 e. The van der Waals surface area contributed by atoms with Gasteiger partial charge in [-0.1, -0.05) is 0 Å². The van der Waals surface area contributed by atoms with Crippen molar-refractivity contribution in [1.82, 2.24) is 9.97 Å². The number of nitrogens with one attached hydrogen (secondary N) is 1. The highest BCUT2D eigenvalue weighted by atomic mass is 16.5. The number of nitrogens with zero attached hydrogens (tertiary/aromatic N) is 2. The van der Waals surface area contributed by atoms with Gasteiger partial charge in [-0.3, -0.25) is 0 Å². The summed E-state index contributed by atoms with van der Waals surface area (Å²) in [5.41, 5.74) is -0.0674. The van der Waals surface area contributed by atoms with E-state index < -0.39 is 0 Å². The van der Waals surface area contributed by atoms with E-state index in [0.717, 1.165) is 25.3 Å². The Morgan fingerprint density at radius 1 is 1.44 bits per heavy atom. The van der Waals surface area contributed by atoms with Crippen LogP contribution in [0.4, 0.5) is 5.82 Å². The highest BCUT2D eigenvalue weighted by Gasteiger charge is 2.28. The van der Waals surface area contributed by atoms with Crippen LogP contribution in [0, 0.1) is 6.92 Å². The van der Waals surface area contributed by atoms with Gasteiger partial charge in [0.15, 0.2) is 0 Å². The predicted molar refractivity (Wildman–Crippen MR) is 70.0 cm³/mol. The largest absolute Gasteiger partial charge is 0.481 e. The number of rotatable bonds is 3. The van der Waals surface area contributed by atoms with Crippen LogP contribution in [-0.2, 0) is 4.74 Å². The standard InChI is InChI=1S/C13H21N3O2/c1-9-14-11(7-12(15-9)17-4)16-10-5-6-18-13(2,3)8-10/h7,10H,5-6,8H2,1-4H3,(H,14,15,16). The zero-order valence-corrected chi connectivity index (χ0v) is 11.5. The summed E-state index contributed by atoms with van der Waals surface area (Å²) in [7, 11) is 1.61. The van der Waals surface area contributed by atoms with Crippen molar-refractivity contribution in [2.75, 3.05) is 19.0 Å². The third-order valence-electron chi connectivity index (χ3n) is 3.07. The molecule has 100 valence electrons. The molecule has 2 heterocycles. The van der Waals surface area contributed by atoms with E-state index in [4.69, 9.17) is 9.47 Å². The number of aryl methyl sites for hydroxylation is 1. The fourth-order valence-corrected chi connectivity index (χ4v) is 2.28. The lowest BCUT2D eigenvalue weighted by atomic mass is 9.94. The van der Waals surface area contributed by atoms with Gasteiger partial charge in [0, 0.05) is 18.7 Å². The van der Waals surface area contributed by atoms with E-state index in [1.54, 1.807) is 7.11 Å². The van der Waals surface area contributed by atoms with Crippen molar-refractivity contribution in [2.45, 2.75) is 45.3 Å². The second kappa shape index (κ2) is 5.10. The fourth-order valence-electron chi connectivity index (χ4n) is 2.28. The van der Waals surface area contributed by atoms with Gasteiger partial charge in [0.1, 0.15) is 11.6 Å². The van der Waals surface area contributed by atoms with Crippen molar-refractivity contribution in [3.63, 3.8) is 0 Å². The van der Waals surface area contributed by atoms with Gasteiger partial charge >= 0.3 is 0 Å². The number of ether oxygens (including phenoxy) is 2. The first-order valence-electron chi connectivity index (χ1n) is 6.29. The molecule has 18 heavy (non-hydrogen) atoms. The minimum Gasteiger partial charge on any atom is -0.481 e. The molecule has 2 rings (SSSR count). The lowest BCUT2D eigenvalue weighted by molar-refractivity contribution is -0.0553. The second-order valence-electron chi connectivity index (χ2n) is 5.28. The first-order chi connectivity index (χ1) is 8.48. The maximum Gasteiger partial charge on any atom is 0.218 e. The SMILES string of the molecule is COc1cc(NC2CCOC(C)(C)C2)nc(C)n1. The number of anilines is 1. The number of methoxy groups -OCH3 is 1. The van der Waals surface area contributed by atoms with E-state index in [-0.39, 0.29) is 5.60 Å². The summed E-state index contributed by atoms with van der Waals surface area (Å²) in [6.45, 7) is 6.88. The average molecular weight is 251 g/mol. The van der Waals surface area contributed by atoms with Gasteiger partial charge in [-0.05, 0) is 33.6 Å². The summed E-state index contributed by atoms with van der Waals surface area (Å²) in [6, 6.07) is 2.21. The van der Waals surface area contributed by atoms with Crippen molar-refractivity contribution in [1.29, 1.82) is 0 Å². The van der Waals surface area contributed by atoms with Gasteiger partial charge in [-0.15, -0.1) is 0 Å². The van der Waals surface area contributed by atoms with Crippen molar-refractivity contribution in [3.05, 3.63) is 11.9 Å². The molecule has 0 amide bonds. The summed E-state index contributed by atoms with van der Waals surface area (Å²) >= 11 is 0. The van der Waals surface area contributed by atoms with Crippen LogP contribution in [0.1, 0.15) is 32.5 Å². The van der Waals surface area contributed by atoms with Gasteiger partial charge in [-0.25, -0.2) is 4.98 Å². The molecule has 1 N–H and O–H groups in total.